The van der Waals surface area contributed by atoms with E-state index < -0.39 is 0 Å². The Morgan fingerprint density at radius 2 is 2.12 bits per heavy atom. The topological polar surface area (TPSA) is 52.6 Å². The zero-order chi connectivity index (χ0) is 16.5. The van der Waals surface area contributed by atoms with Crippen molar-refractivity contribution in [2.24, 2.45) is 10.9 Å². The lowest BCUT2D eigenvalue weighted by Gasteiger charge is -2.19. The summed E-state index contributed by atoms with van der Waals surface area (Å²) in [6.45, 7) is 12.8. The van der Waals surface area contributed by atoms with Gasteiger partial charge >= 0.3 is 0 Å². The largest absolute Gasteiger partial charge is 0.357 e. The van der Waals surface area contributed by atoms with Gasteiger partial charge in [-0.1, -0.05) is 6.92 Å². The lowest BCUT2D eigenvalue weighted by atomic mass is 10.2. The van der Waals surface area contributed by atoms with E-state index in [2.05, 4.69) is 41.3 Å². The summed E-state index contributed by atoms with van der Waals surface area (Å²) in [6, 6.07) is 0. The van der Waals surface area contributed by atoms with E-state index in [1.54, 1.807) is 11.3 Å². The van der Waals surface area contributed by atoms with Crippen molar-refractivity contribution in [2.45, 2.75) is 40.0 Å². The van der Waals surface area contributed by atoms with Gasteiger partial charge in [-0.25, -0.2) is 4.98 Å². The summed E-state index contributed by atoms with van der Waals surface area (Å²) in [5.41, 5.74) is 0. The smallest absolute Gasteiger partial charge is 0.191 e. The third-order valence-electron chi connectivity index (χ3n) is 3.97. The van der Waals surface area contributed by atoms with E-state index >= 15 is 0 Å². The monoisotopic (exact) mass is 465 g/mol. The second kappa shape index (κ2) is 12.0. The van der Waals surface area contributed by atoms with Gasteiger partial charge in [0, 0.05) is 43.7 Å². The first-order valence-electron chi connectivity index (χ1n) is 8.83. The molecule has 0 aliphatic carbocycles. The van der Waals surface area contributed by atoms with Gasteiger partial charge in [-0.15, -0.1) is 35.3 Å². The standard InChI is InChI=1S/C17H31N5S.HI/c1-4-18-17(19-8-7-16-20-12-15(3)23-16)21-11-14(2)13-22-9-5-6-10-22;/h12,14H,4-11,13H2,1-3H3,(H2,18,19,21);1H. The number of nitrogens with zero attached hydrogens (tertiary/aromatic N) is 3. The minimum absolute atomic E-state index is 0. The fourth-order valence-electron chi connectivity index (χ4n) is 2.86. The molecule has 2 heterocycles. The molecule has 0 aromatic carbocycles. The van der Waals surface area contributed by atoms with Crippen molar-refractivity contribution in [2.75, 3.05) is 39.3 Å². The molecule has 0 radical (unpaired) electrons. The zero-order valence-corrected chi connectivity index (χ0v) is 18.3. The fraction of sp³-hybridized carbons (Fsp3) is 0.765. The van der Waals surface area contributed by atoms with Gasteiger partial charge in [0.25, 0.3) is 0 Å². The van der Waals surface area contributed by atoms with Crippen LogP contribution < -0.4 is 10.6 Å². The van der Waals surface area contributed by atoms with E-state index in [9.17, 15) is 0 Å². The maximum Gasteiger partial charge on any atom is 0.191 e. The molecule has 7 heteroatoms. The lowest BCUT2D eigenvalue weighted by molar-refractivity contribution is 0.291. The van der Waals surface area contributed by atoms with Crippen molar-refractivity contribution >= 4 is 41.3 Å². The number of likely N-dealkylation sites (tertiary alicyclic amines) is 1. The van der Waals surface area contributed by atoms with Gasteiger partial charge in [-0.2, -0.15) is 0 Å². The minimum atomic E-state index is 0. The van der Waals surface area contributed by atoms with E-state index in [1.807, 2.05) is 6.20 Å². The number of aliphatic imine (C=N–C) groups is 1. The van der Waals surface area contributed by atoms with Crippen LogP contribution in [-0.2, 0) is 6.42 Å². The quantitative estimate of drug-likeness (QED) is 0.352. The lowest BCUT2D eigenvalue weighted by Crippen LogP contribution is -2.39. The summed E-state index contributed by atoms with van der Waals surface area (Å²) < 4.78 is 0. The number of nitrogens with one attached hydrogen (secondary N) is 2. The Hall–Kier alpha value is -0.410. The first kappa shape index (κ1) is 21.6. The molecule has 0 spiro atoms. The number of thiazole rings is 1. The number of halogens is 1. The maximum atomic E-state index is 4.74. The Kier molecular flexibility index (Phi) is 10.8. The van der Waals surface area contributed by atoms with Crippen LogP contribution in [-0.4, -0.2) is 55.1 Å². The molecule has 1 saturated heterocycles. The van der Waals surface area contributed by atoms with E-state index in [-0.39, 0.29) is 24.0 Å². The van der Waals surface area contributed by atoms with Crippen molar-refractivity contribution in [1.29, 1.82) is 0 Å². The third-order valence-corrected chi connectivity index (χ3v) is 4.95. The summed E-state index contributed by atoms with van der Waals surface area (Å²) in [6.07, 6.45) is 5.61. The van der Waals surface area contributed by atoms with Crippen LogP contribution >= 0.6 is 35.3 Å². The van der Waals surface area contributed by atoms with Gasteiger partial charge < -0.3 is 15.5 Å². The normalized spacial score (nSPS) is 16.7. The second-order valence-electron chi connectivity index (χ2n) is 6.37. The van der Waals surface area contributed by atoms with Gasteiger partial charge in [0.15, 0.2) is 5.96 Å². The molecule has 0 bridgehead atoms. The first-order valence-corrected chi connectivity index (χ1v) is 9.65. The van der Waals surface area contributed by atoms with Gasteiger partial charge in [0.1, 0.15) is 0 Å². The predicted octanol–water partition coefficient (Wildman–Crippen LogP) is 2.90. The number of aryl methyl sites for hydroxylation is 1. The summed E-state index contributed by atoms with van der Waals surface area (Å²) in [7, 11) is 0. The molecule has 1 fully saturated rings. The Morgan fingerprint density at radius 1 is 1.38 bits per heavy atom. The average Bonchev–Trinajstić information content (AvgIpc) is 3.16. The van der Waals surface area contributed by atoms with Crippen molar-refractivity contribution in [3.8, 4) is 0 Å². The van der Waals surface area contributed by atoms with Crippen LogP contribution in [0.1, 0.15) is 36.6 Å². The van der Waals surface area contributed by atoms with Crippen LogP contribution in [0.3, 0.4) is 0 Å². The molecular weight excluding hydrogens is 433 g/mol. The molecule has 1 aromatic rings. The summed E-state index contributed by atoms with van der Waals surface area (Å²) in [4.78, 5) is 13.0. The Bertz CT molecular complexity index is 485. The zero-order valence-electron chi connectivity index (χ0n) is 15.2. The molecule has 2 rings (SSSR count). The van der Waals surface area contributed by atoms with Gasteiger partial charge in [0.05, 0.1) is 5.01 Å². The van der Waals surface area contributed by atoms with E-state index in [0.717, 1.165) is 32.0 Å². The molecule has 1 aliphatic rings. The first-order chi connectivity index (χ1) is 11.2. The van der Waals surface area contributed by atoms with Crippen LogP contribution in [0.15, 0.2) is 11.2 Å². The summed E-state index contributed by atoms with van der Waals surface area (Å²) >= 11 is 1.77. The predicted molar refractivity (Wildman–Crippen MR) is 115 cm³/mol. The minimum Gasteiger partial charge on any atom is -0.357 e. The second-order valence-corrected chi connectivity index (χ2v) is 7.69. The summed E-state index contributed by atoms with van der Waals surface area (Å²) in [5, 5.41) is 7.94. The molecule has 1 aromatic heterocycles. The van der Waals surface area contributed by atoms with E-state index in [4.69, 9.17) is 4.99 Å². The maximum absolute atomic E-state index is 4.74. The number of hydrogen-bond donors (Lipinski definition) is 2. The number of hydrogen-bond acceptors (Lipinski definition) is 4. The van der Waals surface area contributed by atoms with Crippen molar-refractivity contribution in [1.82, 2.24) is 20.5 Å². The molecule has 2 N–H and O–H groups in total. The van der Waals surface area contributed by atoms with Crippen LogP contribution in [0.2, 0.25) is 0 Å². The highest BCUT2D eigenvalue weighted by atomic mass is 127. The van der Waals surface area contributed by atoms with Crippen molar-refractivity contribution in [3.05, 3.63) is 16.1 Å². The van der Waals surface area contributed by atoms with Gasteiger partial charge in [-0.3, -0.25) is 4.99 Å². The van der Waals surface area contributed by atoms with Crippen LogP contribution in [0.4, 0.5) is 0 Å². The number of rotatable bonds is 8. The molecule has 5 nitrogen and oxygen atoms in total. The average molecular weight is 465 g/mol. The molecule has 1 aliphatic heterocycles. The van der Waals surface area contributed by atoms with Crippen LogP contribution in [0, 0.1) is 12.8 Å². The van der Waals surface area contributed by atoms with Gasteiger partial charge in [-0.05, 0) is 45.7 Å². The number of aromatic nitrogens is 1. The number of guanidine groups is 1. The fourth-order valence-corrected chi connectivity index (χ4v) is 3.64. The molecule has 24 heavy (non-hydrogen) atoms. The van der Waals surface area contributed by atoms with E-state index in [1.165, 1.54) is 42.4 Å². The highest BCUT2D eigenvalue weighted by Crippen LogP contribution is 2.11. The molecule has 138 valence electrons. The van der Waals surface area contributed by atoms with Crippen LogP contribution in [0.5, 0.6) is 0 Å². The molecule has 0 amide bonds. The highest BCUT2D eigenvalue weighted by molar-refractivity contribution is 14.0. The SMILES string of the molecule is CCNC(=NCC(C)CN1CCCC1)NCCc1ncc(C)s1.I. The van der Waals surface area contributed by atoms with Crippen molar-refractivity contribution in [3.63, 3.8) is 0 Å². The van der Waals surface area contributed by atoms with E-state index in [0.29, 0.717) is 5.92 Å². The van der Waals surface area contributed by atoms with Gasteiger partial charge in [0.2, 0.25) is 0 Å². The Labute approximate surface area is 167 Å². The Balaban J connectivity index is 0.00000288. The molecular formula is C17H32IN5S. The molecule has 1 unspecified atom stereocenters. The third kappa shape index (κ3) is 8.11. The highest BCUT2D eigenvalue weighted by Gasteiger charge is 2.14. The Morgan fingerprint density at radius 3 is 2.75 bits per heavy atom. The van der Waals surface area contributed by atoms with Crippen LogP contribution in [0.25, 0.3) is 0 Å². The van der Waals surface area contributed by atoms with Crippen molar-refractivity contribution < 1.29 is 0 Å². The summed E-state index contributed by atoms with van der Waals surface area (Å²) in [5.74, 6) is 1.53. The molecule has 0 saturated carbocycles. The molecule has 1 atom stereocenters.